The van der Waals surface area contributed by atoms with Crippen LogP contribution >= 0.6 is 0 Å². The monoisotopic (exact) mass is 365 g/mol. The summed E-state index contributed by atoms with van der Waals surface area (Å²) in [6, 6.07) is 15.8. The zero-order valence-corrected chi connectivity index (χ0v) is 15.7. The lowest BCUT2D eigenvalue weighted by Gasteiger charge is -2.20. The summed E-state index contributed by atoms with van der Waals surface area (Å²) in [5.74, 6) is -0.137. The van der Waals surface area contributed by atoms with Crippen LogP contribution in [0.25, 0.3) is 16.8 Å². The molecular weight excluding hydrogens is 342 g/mol. The van der Waals surface area contributed by atoms with Crippen molar-refractivity contribution in [3.8, 4) is 16.8 Å². The Morgan fingerprint density at radius 1 is 1.19 bits per heavy atom. The van der Waals surface area contributed by atoms with Crippen molar-refractivity contribution >= 4 is 5.97 Å². The minimum atomic E-state index is -0.364. The first-order valence-electron chi connectivity index (χ1n) is 8.83. The summed E-state index contributed by atoms with van der Waals surface area (Å²) < 4.78 is 4.89. The minimum Gasteiger partial charge on any atom is -0.468 e. The van der Waals surface area contributed by atoms with Crippen LogP contribution in [0, 0.1) is 5.92 Å². The molecule has 0 spiro atoms. The topological polar surface area (TPSA) is 81.9 Å². The van der Waals surface area contributed by atoms with Gasteiger partial charge in [0.05, 0.1) is 12.8 Å². The van der Waals surface area contributed by atoms with Crippen LogP contribution in [-0.4, -0.2) is 39.3 Å². The summed E-state index contributed by atoms with van der Waals surface area (Å²) in [7, 11) is 1.41. The van der Waals surface area contributed by atoms with Crippen LogP contribution in [0.15, 0.2) is 54.9 Å². The molecule has 1 aromatic heterocycles. The molecule has 2 aromatic carbocycles. The van der Waals surface area contributed by atoms with Gasteiger partial charge in [-0.25, -0.2) is 0 Å². The van der Waals surface area contributed by atoms with Crippen LogP contribution in [0.4, 0.5) is 0 Å². The van der Waals surface area contributed by atoms with E-state index in [0.717, 1.165) is 22.4 Å². The van der Waals surface area contributed by atoms with Crippen molar-refractivity contribution in [2.24, 2.45) is 5.92 Å². The van der Waals surface area contributed by atoms with Crippen LogP contribution < -0.4 is 5.32 Å². The number of nitrogens with one attached hydrogen (secondary N) is 1. The summed E-state index contributed by atoms with van der Waals surface area (Å²) in [5.41, 5.74) is 3.92. The van der Waals surface area contributed by atoms with E-state index in [4.69, 9.17) is 4.74 Å². The molecule has 7 heteroatoms. The lowest BCUT2D eigenvalue weighted by Crippen LogP contribution is -2.41. The molecule has 0 unspecified atom stereocenters. The van der Waals surface area contributed by atoms with Crippen molar-refractivity contribution in [2.75, 3.05) is 7.11 Å². The lowest BCUT2D eigenvalue weighted by atomic mass is 10.0. The van der Waals surface area contributed by atoms with E-state index in [1.165, 1.54) is 18.2 Å². The molecule has 140 valence electrons. The fourth-order valence-electron chi connectivity index (χ4n) is 2.94. The number of carbonyl (C=O) groups excluding carboxylic acids is 1. The van der Waals surface area contributed by atoms with Crippen LogP contribution in [-0.2, 0) is 16.1 Å². The molecule has 3 aromatic rings. The zero-order chi connectivity index (χ0) is 19.2. The van der Waals surface area contributed by atoms with E-state index in [2.05, 4.69) is 20.7 Å². The average molecular weight is 365 g/mol. The molecule has 0 amide bonds. The van der Waals surface area contributed by atoms with E-state index in [-0.39, 0.29) is 17.9 Å². The number of methoxy groups -OCH3 is 1. The summed E-state index contributed by atoms with van der Waals surface area (Å²) in [5, 5.41) is 15.3. The van der Waals surface area contributed by atoms with Crippen LogP contribution in [0.5, 0.6) is 0 Å². The molecule has 0 fully saturated rings. The molecule has 0 bridgehead atoms. The Kier molecular flexibility index (Phi) is 5.93. The van der Waals surface area contributed by atoms with Crippen molar-refractivity contribution in [1.29, 1.82) is 0 Å². The molecule has 0 saturated carbocycles. The Labute approximate surface area is 158 Å². The van der Waals surface area contributed by atoms with Gasteiger partial charge in [-0.15, -0.1) is 15.0 Å². The third-order valence-corrected chi connectivity index (χ3v) is 4.36. The highest BCUT2D eigenvalue weighted by Crippen LogP contribution is 2.27. The summed E-state index contributed by atoms with van der Waals surface area (Å²) in [6.07, 6.45) is 1.41. The highest BCUT2D eigenvalue weighted by molar-refractivity contribution is 5.76. The fourth-order valence-corrected chi connectivity index (χ4v) is 2.94. The van der Waals surface area contributed by atoms with E-state index in [0.29, 0.717) is 6.54 Å². The van der Waals surface area contributed by atoms with Gasteiger partial charge in [0, 0.05) is 12.1 Å². The molecule has 1 atom stereocenters. The fraction of sp³-hybridized carbons (Fsp3) is 0.300. The van der Waals surface area contributed by atoms with Gasteiger partial charge in [0.25, 0.3) is 0 Å². The lowest BCUT2D eigenvalue weighted by molar-refractivity contribution is -0.144. The third-order valence-electron chi connectivity index (χ3n) is 4.36. The zero-order valence-electron chi connectivity index (χ0n) is 15.7. The number of esters is 1. The largest absolute Gasteiger partial charge is 0.468 e. The van der Waals surface area contributed by atoms with Gasteiger partial charge in [0.15, 0.2) is 6.33 Å². The molecule has 0 aliphatic heterocycles. The first kappa shape index (κ1) is 18.7. The number of hydrogen-bond acceptors (Lipinski definition) is 6. The highest BCUT2D eigenvalue weighted by atomic mass is 16.5. The van der Waals surface area contributed by atoms with E-state index in [9.17, 15) is 4.79 Å². The second-order valence-electron chi connectivity index (χ2n) is 6.57. The van der Waals surface area contributed by atoms with E-state index in [1.807, 2.05) is 62.4 Å². The maximum atomic E-state index is 12.0. The van der Waals surface area contributed by atoms with Crippen molar-refractivity contribution in [3.63, 3.8) is 0 Å². The van der Waals surface area contributed by atoms with Crippen molar-refractivity contribution in [3.05, 3.63) is 60.4 Å². The first-order chi connectivity index (χ1) is 13.1. The predicted octanol–water partition coefficient (Wildman–Crippen LogP) is 2.62. The van der Waals surface area contributed by atoms with Gasteiger partial charge in [-0.05, 0) is 28.3 Å². The second kappa shape index (κ2) is 8.55. The first-order valence-corrected chi connectivity index (χ1v) is 8.83. The Hall–Kier alpha value is -3.06. The maximum absolute atomic E-state index is 12.0. The molecule has 0 aliphatic rings. The van der Waals surface area contributed by atoms with Gasteiger partial charge in [0.2, 0.25) is 0 Å². The predicted molar refractivity (Wildman–Crippen MR) is 102 cm³/mol. The molecule has 27 heavy (non-hydrogen) atoms. The van der Waals surface area contributed by atoms with Crippen molar-refractivity contribution < 1.29 is 9.53 Å². The quantitative estimate of drug-likeness (QED) is 0.648. The number of nitrogens with zero attached hydrogens (tertiary/aromatic N) is 4. The van der Waals surface area contributed by atoms with Crippen molar-refractivity contribution in [1.82, 2.24) is 25.5 Å². The summed E-state index contributed by atoms with van der Waals surface area (Å²) in [6.45, 7) is 4.49. The number of rotatable bonds is 7. The second-order valence-corrected chi connectivity index (χ2v) is 6.57. The molecule has 3 rings (SSSR count). The van der Waals surface area contributed by atoms with Crippen LogP contribution in [0.1, 0.15) is 19.4 Å². The number of benzene rings is 2. The van der Waals surface area contributed by atoms with Gasteiger partial charge < -0.3 is 10.1 Å². The smallest absolute Gasteiger partial charge is 0.323 e. The van der Waals surface area contributed by atoms with Gasteiger partial charge in [-0.1, -0.05) is 56.3 Å². The van der Waals surface area contributed by atoms with Gasteiger partial charge >= 0.3 is 5.97 Å². The minimum absolute atomic E-state index is 0.123. The number of carbonyl (C=O) groups is 1. The highest BCUT2D eigenvalue weighted by Gasteiger charge is 2.22. The standard InChI is InChI=1S/C20H23N5O2/c1-14(2)19(20(26)27-3)21-12-15-9-10-17(16-7-5-4-6-8-16)18(11-15)25-23-13-22-24-25/h4-11,13-14,19,21H,12H2,1-3H3/t19-/m0/s1. The van der Waals surface area contributed by atoms with Gasteiger partial charge in [0.1, 0.15) is 6.04 Å². The van der Waals surface area contributed by atoms with E-state index < -0.39 is 0 Å². The Balaban J connectivity index is 1.90. The SMILES string of the molecule is COC(=O)[C@@H](NCc1ccc(-c2ccccc2)c(-n2ncnn2)c1)C(C)C. The third kappa shape index (κ3) is 4.38. The van der Waals surface area contributed by atoms with Crippen LogP contribution in [0.2, 0.25) is 0 Å². The molecule has 0 aliphatic carbocycles. The number of tetrazole rings is 1. The van der Waals surface area contributed by atoms with E-state index >= 15 is 0 Å². The van der Waals surface area contributed by atoms with Gasteiger partial charge in [-0.3, -0.25) is 4.79 Å². The normalized spacial score (nSPS) is 12.1. The molecule has 7 nitrogen and oxygen atoms in total. The number of ether oxygens (including phenoxy) is 1. The summed E-state index contributed by atoms with van der Waals surface area (Å²) in [4.78, 5) is 13.5. The number of hydrogen-bond donors (Lipinski definition) is 1. The Morgan fingerprint density at radius 2 is 1.96 bits per heavy atom. The molecular formula is C20H23N5O2. The van der Waals surface area contributed by atoms with E-state index in [1.54, 1.807) is 0 Å². The van der Waals surface area contributed by atoms with Gasteiger partial charge in [-0.2, -0.15) is 0 Å². The Morgan fingerprint density at radius 3 is 2.59 bits per heavy atom. The molecule has 1 heterocycles. The Bertz CT molecular complexity index is 879. The number of aromatic nitrogens is 4. The molecule has 1 N–H and O–H groups in total. The average Bonchev–Trinajstić information content (AvgIpc) is 3.23. The van der Waals surface area contributed by atoms with Crippen molar-refractivity contribution in [2.45, 2.75) is 26.4 Å². The molecule has 0 saturated heterocycles. The van der Waals surface area contributed by atoms with Crippen LogP contribution in [0.3, 0.4) is 0 Å². The molecule has 0 radical (unpaired) electrons. The summed E-state index contributed by atoms with van der Waals surface area (Å²) >= 11 is 0. The maximum Gasteiger partial charge on any atom is 0.323 e.